The van der Waals surface area contributed by atoms with E-state index in [2.05, 4.69) is 27.0 Å². The molecule has 0 aliphatic carbocycles. The third kappa shape index (κ3) is 6.93. The van der Waals surface area contributed by atoms with E-state index in [1.165, 1.54) is 6.34 Å². The molecule has 0 aromatic carbocycles. The lowest BCUT2D eigenvalue weighted by molar-refractivity contribution is 0.273. The second kappa shape index (κ2) is 10.2. The molecule has 0 unspecified atom stereocenters. The fourth-order valence-electron chi connectivity index (χ4n) is 1.37. The molecular formula is C15H19N5O. The molecule has 6 heteroatoms. The summed E-state index contributed by atoms with van der Waals surface area (Å²) in [7, 11) is 0. The number of pyridine rings is 1. The first-order valence-electron chi connectivity index (χ1n) is 6.49. The molecule has 0 atom stereocenters. The van der Waals surface area contributed by atoms with Gasteiger partial charge in [-0.1, -0.05) is 30.9 Å². The highest BCUT2D eigenvalue weighted by atomic mass is 16.3. The van der Waals surface area contributed by atoms with Gasteiger partial charge in [-0.05, 0) is 25.1 Å². The zero-order valence-electron chi connectivity index (χ0n) is 12.0. The summed E-state index contributed by atoms with van der Waals surface area (Å²) in [6.07, 6.45) is 10.4. The van der Waals surface area contributed by atoms with Crippen LogP contribution in [0, 0.1) is 0 Å². The Hall–Kier alpha value is -2.60. The molecule has 0 amide bonds. The number of hydrogen-bond acceptors (Lipinski definition) is 4. The molecule has 0 fully saturated rings. The highest BCUT2D eigenvalue weighted by Gasteiger charge is 1.89. The van der Waals surface area contributed by atoms with Crippen molar-refractivity contribution in [1.82, 2.24) is 4.57 Å². The Labute approximate surface area is 123 Å². The van der Waals surface area contributed by atoms with E-state index in [1.54, 1.807) is 16.7 Å². The van der Waals surface area contributed by atoms with Crippen LogP contribution in [-0.4, -0.2) is 22.6 Å². The molecule has 1 aromatic heterocycles. The van der Waals surface area contributed by atoms with Crippen LogP contribution in [0.3, 0.4) is 0 Å². The van der Waals surface area contributed by atoms with E-state index in [0.29, 0.717) is 17.7 Å². The van der Waals surface area contributed by atoms with Crippen molar-refractivity contribution >= 4 is 6.34 Å². The first kappa shape index (κ1) is 16.5. The summed E-state index contributed by atoms with van der Waals surface area (Å²) in [5.41, 5.74) is 1.15. The van der Waals surface area contributed by atoms with Crippen LogP contribution in [0.2, 0.25) is 0 Å². The molecule has 1 rings (SSSR count). The molecule has 110 valence electrons. The maximum atomic E-state index is 8.95. The number of hydrogen-bond donors (Lipinski definition) is 1. The van der Waals surface area contributed by atoms with Crippen molar-refractivity contribution < 1.29 is 5.11 Å². The minimum atomic E-state index is 0.0407. The maximum absolute atomic E-state index is 8.95. The van der Waals surface area contributed by atoms with Gasteiger partial charge in [0, 0.05) is 12.7 Å². The van der Waals surface area contributed by atoms with Gasteiger partial charge in [0.15, 0.2) is 11.8 Å². The fourth-order valence-corrected chi connectivity index (χ4v) is 1.37. The molecule has 0 radical (unpaired) electrons. The Morgan fingerprint density at radius 3 is 3.00 bits per heavy atom. The van der Waals surface area contributed by atoms with Crippen LogP contribution in [0.25, 0.3) is 0 Å². The summed E-state index contributed by atoms with van der Waals surface area (Å²) in [5, 5.41) is 24.4. The monoisotopic (exact) mass is 285 g/mol. The quantitative estimate of drug-likeness (QED) is 0.270. The molecular weight excluding hydrogens is 266 g/mol. The minimum Gasteiger partial charge on any atom is -0.395 e. The zero-order valence-corrected chi connectivity index (χ0v) is 12.0. The third-order valence-electron chi connectivity index (χ3n) is 2.30. The van der Waals surface area contributed by atoms with Crippen molar-refractivity contribution in [3.63, 3.8) is 0 Å². The summed E-state index contributed by atoms with van der Waals surface area (Å²) in [6.45, 7) is 6.14. The van der Waals surface area contributed by atoms with Gasteiger partial charge in [0.25, 0.3) is 0 Å². The lowest BCUT2D eigenvalue weighted by Crippen LogP contribution is -2.20. The van der Waals surface area contributed by atoms with E-state index >= 15 is 0 Å². The van der Waals surface area contributed by atoms with Crippen LogP contribution < -0.4 is 5.49 Å². The van der Waals surface area contributed by atoms with Gasteiger partial charge in [0.2, 0.25) is 0 Å². The Bertz CT molecular complexity index is 623. The van der Waals surface area contributed by atoms with Gasteiger partial charge >= 0.3 is 0 Å². The molecule has 0 aliphatic rings. The second-order valence-corrected chi connectivity index (χ2v) is 3.90. The predicted octanol–water partition coefficient (Wildman–Crippen LogP) is 2.42. The summed E-state index contributed by atoms with van der Waals surface area (Å²) in [5.74, 6) is 0. The molecule has 21 heavy (non-hydrogen) atoms. The lowest BCUT2D eigenvalue weighted by atomic mass is 10.4. The number of allylic oxidation sites excluding steroid dienone is 4. The van der Waals surface area contributed by atoms with Crippen LogP contribution in [0.5, 0.6) is 0 Å². The zero-order chi connectivity index (χ0) is 15.3. The van der Waals surface area contributed by atoms with E-state index in [-0.39, 0.29) is 6.61 Å². The lowest BCUT2D eigenvalue weighted by Gasteiger charge is -2.02. The minimum absolute atomic E-state index is 0.0407. The first-order chi connectivity index (χ1) is 10.3. The van der Waals surface area contributed by atoms with Crippen LogP contribution in [0.1, 0.15) is 6.92 Å². The van der Waals surface area contributed by atoms with Gasteiger partial charge in [0.05, 0.1) is 12.3 Å². The average Bonchev–Trinajstić information content (AvgIpc) is 2.49. The van der Waals surface area contributed by atoms with Crippen molar-refractivity contribution in [1.29, 1.82) is 0 Å². The van der Waals surface area contributed by atoms with Crippen molar-refractivity contribution in [2.75, 3.05) is 6.61 Å². The Balaban J connectivity index is 2.66. The topological polar surface area (TPSA) is 74.6 Å². The number of aliphatic hydroxyl groups is 1. The standard InChI is InChI=1S/C15H19N5O/c1-3-4-5-8-14(2)18-16-13-17-19-15-9-6-7-10-20(15)11-12-21/h3-10,13,21H,2,11-12H2,1H3/b4-3-,8-5-,17-13+,18-16?,19-15+. The van der Waals surface area contributed by atoms with Gasteiger partial charge < -0.3 is 9.67 Å². The molecule has 1 heterocycles. The van der Waals surface area contributed by atoms with Crippen molar-refractivity contribution in [2.24, 2.45) is 20.4 Å². The summed E-state index contributed by atoms with van der Waals surface area (Å²) in [4.78, 5) is 0. The van der Waals surface area contributed by atoms with E-state index in [0.717, 1.165) is 0 Å². The molecule has 6 nitrogen and oxygen atoms in total. The van der Waals surface area contributed by atoms with E-state index in [1.807, 2.05) is 43.5 Å². The second-order valence-electron chi connectivity index (χ2n) is 3.90. The molecule has 1 aromatic rings. The van der Waals surface area contributed by atoms with Gasteiger partial charge in [-0.3, -0.25) is 0 Å². The molecule has 0 bridgehead atoms. The van der Waals surface area contributed by atoms with Crippen molar-refractivity contribution in [3.05, 3.63) is 66.5 Å². The highest BCUT2D eigenvalue weighted by Crippen LogP contribution is 1.95. The SMILES string of the molecule is C=C(/C=C\C=C/C)N=N/C=N/N=c1\ccccn1CCO. The maximum Gasteiger partial charge on any atom is 0.160 e. The number of rotatable bonds is 7. The Kier molecular flexibility index (Phi) is 8.01. The molecule has 0 spiro atoms. The van der Waals surface area contributed by atoms with E-state index in [4.69, 9.17) is 5.11 Å². The van der Waals surface area contributed by atoms with E-state index in [9.17, 15) is 0 Å². The Morgan fingerprint density at radius 1 is 1.38 bits per heavy atom. The van der Waals surface area contributed by atoms with Gasteiger partial charge in [0.1, 0.15) is 0 Å². The summed E-state index contributed by atoms with van der Waals surface area (Å²) >= 11 is 0. The van der Waals surface area contributed by atoms with Crippen LogP contribution >= 0.6 is 0 Å². The van der Waals surface area contributed by atoms with Crippen LogP contribution in [-0.2, 0) is 6.54 Å². The number of azo groups is 1. The van der Waals surface area contributed by atoms with Crippen molar-refractivity contribution in [2.45, 2.75) is 13.5 Å². The predicted molar refractivity (Wildman–Crippen MR) is 83.5 cm³/mol. The average molecular weight is 285 g/mol. The number of nitrogens with zero attached hydrogens (tertiary/aromatic N) is 5. The van der Waals surface area contributed by atoms with Gasteiger partial charge in [-0.15, -0.1) is 15.3 Å². The molecule has 1 N–H and O–H groups in total. The third-order valence-corrected chi connectivity index (χ3v) is 2.30. The van der Waals surface area contributed by atoms with Crippen LogP contribution in [0.4, 0.5) is 0 Å². The number of aromatic nitrogens is 1. The van der Waals surface area contributed by atoms with Gasteiger partial charge in [-0.25, -0.2) is 0 Å². The fraction of sp³-hybridized carbons (Fsp3) is 0.200. The highest BCUT2D eigenvalue weighted by molar-refractivity contribution is 5.54. The summed E-state index contributed by atoms with van der Waals surface area (Å²) < 4.78 is 1.78. The normalized spacial score (nSPS) is 13.3. The molecule has 0 saturated carbocycles. The molecule has 0 saturated heterocycles. The van der Waals surface area contributed by atoms with Crippen LogP contribution in [0.15, 0.2) is 81.4 Å². The van der Waals surface area contributed by atoms with Crippen molar-refractivity contribution in [3.8, 4) is 0 Å². The molecule has 0 aliphatic heterocycles. The van der Waals surface area contributed by atoms with E-state index < -0.39 is 0 Å². The first-order valence-corrected chi connectivity index (χ1v) is 6.49. The van der Waals surface area contributed by atoms with Gasteiger partial charge in [-0.2, -0.15) is 5.11 Å². The Morgan fingerprint density at radius 2 is 2.24 bits per heavy atom. The number of aliphatic hydroxyl groups excluding tert-OH is 1. The smallest absolute Gasteiger partial charge is 0.160 e. The summed E-state index contributed by atoms with van der Waals surface area (Å²) in [6, 6.07) is 5.50. The largest absolute Gasteiger partial charge is 0.395 e.